The Kier molecular flexibility index (Phi) is 4.04. The maximum Gasteiger partial charge on any atom is 0.311 e. The number of hydrogen-bond acceptors (Lipinski definition) is 4. The summed E-state index contributed by atoms with van der Waals surface area (Å²) in [6, 6.07) is 5.87. The molecule has 1 heterocycles. The van der Waals surface area contributed by atoms with E-state index in [1.165, 1.54) is 7.11 Å². The molecule has 0 saturated carbocycles. The Balaban J connectivity index is 2.33. The highest BCUT2D eigenvalue weighted by Gasteiger charge is 2.15. The lowest BCUT2D eigenvalue weighted by Gasteiger charge is -1.99. The first-order chi connectivity index (χ1) is 9.01. The predicted octanol–water partition coefficient (Wildman–Crippen LogP) is 3.44. The van der Waals surface area contributed by atoms with Crippen LogP contribution in [0.4, 0.5) is 0 Å². The van der Waals surface area contributed by atoms with Crippen LogP contribution in [-0.2, 0) is 16.0 Å². The molecule has 2 rings (SSSR count). The molecule has 0 aliphatic carbocycles. The Morgan fingerprint density at radius 3 is 2.79 bits per heavy atom. The molecule has 0 aliphatic rings. The van der Waals surface area contributed by atoms with Gasteiger partial charge in [-0.05, 0) is 31.5 Å². The number of hydrogen-bond donors (Lipinski definition) is 0. The molecule has 0 spiro atoms. The molecule has 1 aromatic heterocycles. The van der Waals surface area contributed by atoms with Crippen LogP contribution in [0.15, 0.2) is 27.1 Å². The summed E-state index contributed by atoms with van der Waals surface area (Å²) in [5.41, 5.74) is 2.62. The van der Waals surface area contributed by atoms with Crippen LogP contribution in [0.25, 0.3) is 11.5 Å². The Hall–Kier alpha value is -1.62. The average Bonchev–Trinajstić information content (AvgIpc) is 2.74. The van der Waals surface area contributed by atoms with Crippen LogP contribution in [0.5, 0.6) is 0 Å². The lowest BCUT2D eigenvalue weighted by Crippen LogP contribution is -2.05. The lowest BCUT2D eigenvalue weighted by atomic mass is 10.1. The zero-order valence-corrected chi connectivity index (χ0v) is 12.6. The quantitative estimate of drug-likeness (QED) is 0.812. The molecule has 0 radical (unpaired) electrons. The van der Waals surface area contributed by atoms with Crippen molar-refractivity contribution < 1.29 is 13.9 Å². The summed E-state index contributed by atoms with van der Waals surface area (Å²) in [6.07, 6.45) is 0.124. The standard InChI is InChI=1S/C14H14BrNO3/c1-8-4-5-10(6-11(8)15)14-16-12(9(2)19-14)7-13(17)18-3/h4-6H,7H2,1-3H3. The van der Waals surface area contributed by atoms with E-state index >= 15 is 0 Å². The Morgan fingerprint density at radius 2 is 2.16 bits per heavy atom. The number of rotatable bonds is 3. The third-order valence-corrected chi connectivity index (χ3v) is 3.71. The average molecular weight is 324 g/mol. The van der Waals surface area contributed by atoms with E-state index in [1.807, 2.05) is 25.1 Å². The van der Waals surface area contributed by atoms with E-state index in [-0.39, 0.29) is 12.4 Å². The van der Waals surface area contributed by atoms with Crippen LogP contribution in [0.3, 0.4) is 0 Å². The second-order valence-corrected chi connectivity index (χ2v) is 5.09. The van der Waals surface area contributed by atoms with Crippen LogP contribution in [0, 0.1) is 13.8 Å². The number of methoxy groups -OCH3 is 1. The SMILES string of the molecule is COC(=O)Cc1nc(-c2ccc(C)c(Br)c2)oc1C. The number of nitrogens with zero attached hydrogens (tertiary/aromatic N) is 1. The fourth-order valence-corrected chi connectivity index (χ4v) is 2.03. The Morgan fingerprint density at radius 1 is 1.42 bits per heavy atom. The summed E-state index contributed by atoms with van der Waals surface area (Å²) in [6.45, 7) is 3.80. The van der Waals surface area contributed by atoms with Crippen molar-refractivity contribution in [3.8, 4) is 11.5 Å². The molecule has 0 bridgehead atoms. The lowest BCUT2D eigenvalue weighted by molar-refractivity contribution is -0.139. The number of carbonyl (C=O) groups excluding carboxylic acids is 1. The molecule has 2 aromatic rings. The van der Waals surface area contributed by atoms with Gasteiger partial charge in [-0.2, -0.15) is 0 Å². The summed E-state index contributed by atoms with van der Waals surface area (Å²) in [5, 5.41) is 0. The summed E-state index contributed by atoms with van der Waals surface area (Å²) in [4.78, 5) is 15.6. The van der Waals surface area contributed by atoms with Gasteiger partial charge in [0, 0.05) is 10.0 Å². The fraction of sp³-hybridized carbons (Fsp3) is 0.286. The first-order valence-electron chi connectivity index (χ1n) is 5.81. The first-order valence-corrected chi connectivity index (χ1v) is 6.60. The van der Waals surface area contributed by atoms with Gasteiger partial charge in [-0.1, -0.05) is 22.0 Å². The van der Waals surface area contributed by atoms with Gasteiger partial charge in [-0.25, -0.2) is 4.98 Å². The smallest absolute Gasteiger partial charge is 0.311 e. The molecule has 100 valence electrons. The van der Waals surface area contributed by atoms with E-state index in [0.717, 1.165) is 15.6 Å². The minimum absolute atomic E-state index is 0.124. The van der Waals surface area contributed by atoms with Crippen LogP contribution < -0.4 is 0 Å². The molecule has 19 heavy (non-hydrogen) atoms. The van der Waals surface area contributed by atoms with Gasteiger partial charge < -0.3 is 9.15 Å². The second-order valence-electron chi connectivity index (χ2n) is 4.24. The highest BCUT2D eigenvalue weighted by molar-refractivity contribution is 9.10. The van der Waals surface area contributed by atoms with E-state index in [9.17, 15) is 4.79 Å². The molecule has 0 N–H and O–H groups in total. The van der Waals surface area contributed by atoms with Gasteiger partial charge in [0.15, 0.2) is 0 Å². The monoisotopic (exact) mass is 323 g/mol. The molecule has 0 unspecified atom stereocenters. The van der Waals surface area contributed by atoms with Gasteiger partial charge in [-0.3, -0.25) is 4.79 Å². The Labute approximate surface area is 119 Å². The van der Waals surface area contributed by atoms with Crippen LogP contribution in [0.2, 0.25) is 0 Å². The van der Waals surface area contributed by atoms with Crippen molar-refractivity contribution in [2.24, 2.45) is 0 Å². The summed E-state index contributed by atoms with van der Waals surface area (Å²) >= 11 is 3.48. The van der Waals surface area contributed by atoms with Gasteiger partial charge in [-0.15, -0.1) is 0 Å². The number of carbonyl (C=O) groups is 1. The second kappa shape index (κ2) is 5.57. The van der Waals surface area contributed by atoms with Crippen LogP contribution >= 0.6 is 15.9 Å². The number of halogens is 1. The number of ether oxygens (including phenoxy) is 1. The number of benzene rings is 1. The van der Waals surface area contributed by atoms with Crippen molar-refractivity contribution in [3.63, 3.8) is 0 Å². The topological polar surface area (TPSA) is 52.3 Å². The molecule has 0 fully saturated rings. The first kappa shape index (κ1) is 13.8. The number of aryl methyl sites for hydroxylation is 2. The van der Waals surface area contributed by atoms with Crippen molar-refractivity contribution in [2.75, 3.05) is 7.11 Å². The van der Waals surface area contributed by atoms with Gasteiger partial charge in [0.25, 0.3) is 0 Å². The molecule has 1 aromatic carbocycles. The van der Waals surface area contributed by atoms with Crippen molar-refractivity contribution in [1.82, 2.24) is 4.98 Å². The van der Waals surface area contributed by atoms with E-state index in [4.69, 9.17) is 4.42 Å². The molecule has 0 saturated heterocycles. The van der Waals surface area contributed by atoms with E-state index in [2.05, 4.69) is 25.7 Å². The van der Waals surface area contributed by atoms with Crippen molar-refractivity contribution in [2.45, 2.75) is 20.3 Å². The molecule has 5 heteroatoms. The van der Waals surface area contributed by atoms with Crippen LogP contribution in [-0.4, -0.2) is 18.1 Å². The molecule has 0 aliphatic heterocycles. The molecular formula is C14H14BrNO3. The predicted molar refractivity (Wildman–Crippen MR) is 74.8 cm³/mol. The van der Waals surface area contributed by atoms with Gasteiger partial charge >= 0.3 is 5.97 Å². The zero-order valence-electron chi connectivity index (χ0n) is 11.0. The van der Waals surface area contributed by atoms with Crippen LogP contribution in [0.1, 0.15) is 17.0 Å². The molecule has 0 amide bonds. The normalized spacial score (nSPS) is 10.5. The van der Waals surface area contributed by atoms with Crippen molar-refractivity contribution in [3.05, 3.63) is 39.7 Å². The summed E-state index contributed by atoms with van der Waals surface area (Å²) in [5.74, 6) is 0.822. The summed E-state index contributed by atoms with van der Waals surface area (Å²) in [7, 11) is 1.36. The largest absolute Gasteiger partial charge is 0.469 e. The highest BCUT2D eigenvalue weighted by atomic mass is 79.9. The minimum Gasteiger partial charge on any atom is -0.469 e. The van der Waals surface area contributed by atoms with Crippen molar-refractivity contribution in [1.29, 1.82) is 0 Å². The minimum atomic E-state index is -0.326. The van der Waals surface area contributed by atoms with E-state index in [1.54, 1.807) is 6.92 Å². The highest BCUT2D eigenvalue weighted by Crippen LogP contribution is 2.26. The third kappa shape index (κ3) is 3.04. The fourth-order valence-electron chi connectivity index (χ4n) is 1.65. The number of esters is 1. The number of aromatic nitrogens is 1. The van der Waals surface area contributed by atoms with E-state index < -0.39 is 0 Å². The maximum absolute atomic E-state index is 11.3. The number of oxazole rings is 1. The third-order valence-electron chi connectivity index (χ3n) is 2.85. The maximum atomic E-state index is 11.3. The van der Waals surface area contributed by atoms with Gasteiger partial charge in [0.1, 0.15) is 5.76 Å². The molecule has 0 atom stereocenters. The van der Waals surface area contributed by atoms with Crippen molar-refractivity contribution >= 4 is 21.9 Å². The van der Waals surface area contributed by atoms with E-state index in [0.29, 0.717) is 17.3 Å². The Bertz CT molecular complexity index is 619. The zero-order chi connectivity index (χ0) is 14.0. The molecular weight excluding hydrogens is 310 g/mol. The van der Waals surface area contributed by atoms with Gasteiger partial charge in [0.2, 0.25) is 5.89 Å². The molecule has 4 nitrogen and oxygen atoms in total. The van der Waals surface area contributed by atoms with Gasteiger partial charge in [0.05, 0.1) is 19.2 Å². The summed E-state index contributed by atoms with van der Waals surface area (Å²) < 4.78 is 11.2.